The first-order valence-corrected chi connectivity index (χ1v) is 8.35. The van der Waals surface area contributed by atoms with Crippen molar-refractivity contribution in [3.05, 3.63) is 70.5 Å². The third-order valence-electron chi connectivity index (χ3n) is 4.19. The maximum atomic E-state index is 13.1. The molecule has 0 aliphatic rings. The van der Waals surface area contributed by atoms with E-state index in [1.807, 2.05) is 44.2 Å². The van der Waals surface area contributed by atoms with Crippen LogP contribution in [0.1, 0.15) is 31.3 Å². The molecule has 0 saturated heterocycles. The summed E-state index contributed by atoms with van der Waals surface area (Å²) in [5, 5.41) is 12.1. The predicted molar refractivity (Wildman–Crippen MR) is 98.1 cm³/mol. The minimum atomic E-state index is -1.15. The maximum absolute atomic E-state index is 13.1. The van der Waals surface area contributed by atoms with E-state index in [4.69, 9.17) is 0 Å². The molecule has 0 aliphatic heterocycles. The Kier molecular flexibility index (Phi) is 4.97. The number of rotatable bonds is 5. The minimum Gasteiger partial charge on any atom is -0.465 e. The Hall–Kier alpha value is -3.22. The number of amides is 1. The first-order chi connectivity index (χ1) is 12.5. The number of pyridine rings is 1. The summed E-state index contributed by atoms with van der Waals surface area (Å²) in [6.07, 6.45) is 1.90. The highest BCUT2D eigenvalue weighted by molar-refractivity contribution is 5.76. The third kappa shape index (κ3) is 3.56. The second kappa shape index (κ2) is 7.35. The molecular formula is C19H20N4O3. The lowest BCUT2D eigenvalue weighted by molar-refractivity contribution is 0.184. The van der Waals surface area contributed by atoms with Gasteiger partial charge >= 0.3 is 6.09 Å². The molecule has 0 saturated carbocycles. The van der Waals surface area contributed by atoms with Crippen molar-refractivity contribution >= 4 is 17.0 Å². The van der Waals surface area contributed by atoms with Crippen molar-refractivity contribution in [1.29, 1.82) is 0 Å². The van der Waals surface area contributed by atoms with Gasteiger partial charge in [0.15, 0.2) is 0 Å². The summed E-state index contributed by atoms with van der Waals surface area (Å²) in [5.74, 6) is 0.314. The van der Waals surface area contributed by atoms with E-state index >= 15 is 0 Å². The third-order valence-corrected chi connectivity index (χ3v) is 4.19. The highest BCUT2D eigenvalue weighted by atomic mass is 16.4. The van der Waals surface area contributed by atoms with Crippen LogP contribution in [0, 0.1) is 5.92 Å². The molecule has 1 amide bonds. The lowest BCUT2D eigenvalue weighted by atomic mass is 10.0. The Labute approximate surface area is 150 Å². The van der Waals surface area contributed by atoms with Crippen molar-refractivity contribution in [1.82, 2.24) is 19.9 Å². The summed E-state index contributed by atoms with van der Waals surface area (Å²) in [6.45, 7) is 4.07. The van der Waals surface area contributed by atoms with Crippen molar-refractivity contribution in [3.63, 3.8) is 0 Å². The Morgan fingerprint density at radius 1 is 1.23 bits per heavy atom. The molecule has 7 nitrogen and oxygen atoms in total. The molecule has 7 heteroatoms. The zero-order valence-electron chi connectivity index (χ0n) is 14.6. The van der Waals surface area contributed by atoms with Crippen LogP contribution in [-0.2, 0) is 6.54 Å². The smallest absolute Gasteiger partial charge is 0.405 e. The van der Waals surface area contributed by atoms with Gasteiger partial charge < -0.3 is 10.4 Å². The van der Waals surface area contributed by atoms with E-state index in [0.717, 1.165) is 5.56 Å². The number of carboxylic acid groups (broad SMARTS) is 1. The highest BCUT2D eigenvalue weighted by Crippen LogP contribution is 2.21. The van der Waals surface area contributed by atoms with Gasteiger partial charge in [0.2, 0.25) is 0 Å². The van der Waals surface area contributed by atoms with Crippen LogP contribution < -0.4 is 10.9 Å². The van der Waals surface area contributed by atoms with Gasteiger partial charge in [-0.2, -0.15) is 0 Å². The van der Waals surface area contributed by atoms with Gasteiger partial charge in [-0.15, -0.1) is 0 Å². The van der Waals surface area contributed by atoms with Crippen LogP contribution in [-0.4, -0.2) is 25.7 Å². The number of nitrogens with zero attached hydrogens (tertiary/aromatic N) is 3. The summed E-state index contributed by atoms with van der Waals surface area (Å²) < 4.78 is 1.53. The topological polar surface area (TPSA) is 97.1 Å². The Morgan fingerprint density at radius 3 is 2.62 bits per heavy atom. The summed E-state index contributed by atoms with van der Waals surface area (Å²) in [7, 11) is 0. The van der Waals surface area contributed by atoms with Crippen molar-refractivity contribution in [2.45, 2.75) is 26.4 Å². The van der Waals surface area contributed by atoms with Crippen molar-refractivity contribution in [3.8, 4) is 0 Å². The molecule has 3 rings (SSSR count). The maximum Gasteiger partial charge on any atom is 0.405 e. The molecule has 0 radical (unpaired) electrons. The van der Waals surface area contributed by atoms with E-state index in [1.165, 1.54) is 10.8 Å². The van der Waals surface area contributed by atoms with Crippen LogP contribution in [0.2, 0.25) is 0 Å². The van der Waals surface area contributed by atoms with E-state index in [2.05, 4.69) is 15.3 Å². The average molecular weight is 352 g/mol. The average Bonchev–Trinajstić information content (AvgIpc) is 2.62. The molecule has 1 unspecified atom stereocenters. The van der Waals surface area contributed by atoms with Gasteiger partial charge in [-0.05, 0) is 17.5 Å². The lowest BCUT2D eigenvalue weighted by Gasteiger charge is -2.24. The van der Waals surface area contributed by atoms with Gasteiger partial charge in [-0.1, -0.05) is 44.2 Å². The molecule has 0 spiro atoms. The predicted octanol–water partition coefficient (Wildman–Crippen LogP) is 2.80. The molecule has 1 atom stereocenters. The van der Waals surface area contributed by atoms with Gasteiger partial charge in [0.05, 0.1) is 23.5 Å². The molecule has 2 N–H and O–H groups in total. The Bertz CT molecular complexity index is 983. The van der Waals surface area contributed by atoms with Crippen LogP contribution in [0.4, 0.5) is 4.79 Å². The number of nitrogens with one attached hydrogen (secondary N) is 1. The van der Waals surface area contributed by atoms with Crippen LogP contribution in [0.15, 0.2) is 53.6 Å². The molecule has 134 valence electrons. The molecule has 0 bridgehead atoms. The number of carbonyl (C=O) groups is 1. The molecule has 0 aliphatic carbocycles. The SMILES string of the molecule is CC(C)C(NC(=O)O)c1nc2ccncc2c(=O)n1Cc1ccccc1. The van der Waals surface area contributed by atoms with Gasteiger partial charge in [0, 0.05) is 12.4 Å². The molecule has 2 aromatic heterocycles. The zero-order valence-corrected chi connectivity index (χ0v) is 14.6. The van der Waals surface area contributed by atoms with Crippen molar-refractivity contribution in [2.24, 2.45) is 5.92 Å². The van der Waals surface area contributed by atoms with Gasteiger partial charge in [0.25, 0.3) is 5.56 Å². The molecule has 2 heterocycles. The molecular weight excluding hydrogens is 332 g/mol. The fourth-order valence-corrected chi connectivity index (χ4v) is 2.90. The standard InChI is InChI=1S/C19H20N4O3/c1-12(2)16(22-19(25)26)17-21-15-8-9-20-10-14(15)18(24)23(17)11-13-6-4-3-5-7-13/h3-10,12,16,22H,11H2,1-2H3,(H,25,26). The summed E-state index contributed by atoms with van der Waals surface area (Å²) in [4.78, 5) is 33.0. The number of aromatic nitrogens is 3. The molecule has 0 fully saturated rings. The minimum absolute atomic E-state index is 0.0840. The second-order valence-corrected chi connectivity index (χ2v) is 6.41. The fourth-order valence-electron chi connectivity index (χ4n) is 2.90. The van der Waals surface area contributed by atoms with E-state index < -0.39 is 12.1 Å². The number of benzene rings is 1. The molecule has 3 aromatic rings. The van der Waals surface area contributed by atoms with Crippen molar-refractivity contribution < 1.29 is 9.90 Å². The Morgan fingerprint density at radius 2 is 1.96 bits per heavy atom. The number of fused-ring (bicyclic) bond motifs is 1. The van der Waals surface area contributed by atoms with E-state index in [1.54, 1.807) is 12.3 Å². The first kappa shape index (κ1) is 17.6. The van der Waals surface area contributed by atoms with Crippen LogP contribution in [0.5, 0.6) is 0 Å². The second-order valence-electron chi connectivity index (χ2n) is 6.41. The van der Waals surface area contributed by atoms with Crippen LogP contribution in [0.3, 0.4) is 0 Å². The summed E-state index contributed by atoms with van der Waals surface area (Å²) in [6, 6.07) is 10.6. The van der Waals surface area contributed by atoms with Crippen molar-refractivity contribution in [2.75, 3.05) is 0 Å². The van der Waals surface area contributed by atoms with E-state index in [-0.39, 0.29) is 11.5 Å². The monoisotopic (exact) mass is 352 g/mol. The van der Waals surface area contributed by atoms with Gasteiger partial charge in [-0.3, -0.25) is 14.3 Å². The largest absolute Gasteiger partial charge is 0.465 e. The summed E-state index contributed by atoms with van der Waals surface area (Å²) in [5.41, 5.74) is 1.20. The summed E-state index contributed by atoms with van der Waals surface area (Å²) >= 11 is 0. The first-order valence-electron chi connectivity index (χ1n) is 8.35. The molecule has 1 aromatic carbocycles. The number of hydrogen-bond acceptors (Lipinski definition) is 4. The number of hydrogen-bond donors (Lipinski definition) is 2. The zero-order chi connectivity index (χ0) is 18.7. The molecule has 26 heavy (non-hydrogen) atoms. The van der Waals surface area contributed by atoms with Gasteiger partial charge in [-0.25, -0.2) is 9.78 Å². The highest BCUT2D eigenvalue weighted by Gasteiger charge is 2.24. The van der Waals surface area contributed by atoms with E-state index in [9.17, 15) is 14.7 Å². The van der Waals surface area contributed by atoms with E-state index in [0.29, 0.717) is 23.3 Å². The van der Waals surface area contributed by atoms with Crippen LogP contribution in [0.25, 0.3) is 10.9 Å². The lowest BCUT2D eigenvalue weighted by Crippen LogP contribution is -2.37. The normalized spacial score (nSPS) is 12.3. The quantitative estimate of drug-likeness (QED) is 0.736. The fraction of sp³-hybridized carbons (Fsp3) is 0.263. The van der Waals surface area contributed by atoms with Gasteiger partial charge in [0.1, 0.15) is 5.82 Å². The van der Waals surface area contributed by atoms with Crippen LogP contribution >= 0.6 is 0 Å². The Balaban J connectivity index is 2.23.